The summed E-state index contributed by atoms with van der Waals surface area (Å²) in [6, 6.07) is 5.41. The van der Waals surface area contributed by atoms with Crippen molar-refractivity contribution in [3.8, 4) is 0 Å². The molecule has 0 saturated heterocycles. The van der Waals surface area contributed by atoms with E-state index in [1.54, 1.807) is 17.4 Å². The maximum atomic E-state index is 14.2. The maximum absolute atomic E-state index is 14.2. The normalized spacial score (nSPS) is 12.7. The number of halogens is 1. The summed E-state index contributed by atoms with van der Waals surface area (Å²) in [7, 11) is 0. The van der Waals surface area contributed by atoms with E-state index >= 15 is 0 Å². The molecule has 0 saturated carbocycles. The second-order valence-electron chi connectivity index (χ2n) is 5.09. The quantitative estimate of drug-likeness (QED) is 0.897. The Morgan fingerprint density at radius 3 is 2.60 bits per heavy atom. The molecule has 0 amide bonds. The van der Waals surface area contributed by atoms with Crippen LogP contribution in [0, 0.1) is 26.6 Å². The first-order valence-electron chi connectivity index (χ1n) is 6.93. The molecule has 1 atom stereocenters. The SMILES string of the molecule is CCNC(Cc1nc(C)c(C)s1)c1ccc(C)cc1F. The van der Waals surface area contributed by atoms with Crippen LogP contribution in [0.1, 0.15) is 39.7 Å². The molecule has 0 spiro atoms. The van der Waals surface area contributed by atoms with Gasteiger partial charge in [-0.3, -0.25) is 0 Å². The van der Waals surface area contributed by atoms with Gasteiger partial charge in [0, 0.05) is 22.9 Å². The lowest BCUT2D eigenvalue weighted by molar-refractivity contribution is 0.508. The smallest absolute Gasteiger partial charge is 0.128 e. The molecule has 0 fully saturated rings. The van der Waals surface area contributed by atoms with Gasteiger partial charge in [-0.2, -0.15) is 0 Å². The minimum absolute atomic E-state index is 0.0226. The summed E-state index contributed by atoms with van der Waals surface area (Å²) in [5, 5.41) is 4.42. The first kappa shape index (κ1) is 15.1. The summed E-state index contributed by atoms with van der Waals surface area (Å²) in [6.07, 6.45) is 0.729. The van der Waals surface area contributed by atoms with Crippen molar-refractivity contribution in [2.45, 2.75) is 40.2 Å². The monoisotopic (exact) mass is 292 g/mol. The number of nitrogens with zero attached hydrogens (tertiary/aromatic N) is 1. The second kappa shape index (κ2) is 6.46. The average Bonchev–Trinajstić information content (AvgIpc) is 2.68. The molecule has 1 unspecified atom stereocenters. The largest absolute Gasteiger partial charge is 0.310 e. The summed E-state index contributed by atoms with van der Waals surface area (Å²) in [5.41, 5.74) is 2.75. The Kier molecular flexibility index (Phi) is 4.89. The van der Waals surface area contributed by atoms with Gasteiger partial charge in [0.25, 0.3) is 0 Å². The van der Waals surface area contributed by atoms with Gasteiger partial charge in [0.15, 0.2) is 0 Å². The van der Waals surface area contributed by atoms with E-state index in [0.717, 1.165) is 34.8 Å². The minimum atomic E-state index is -0.138. The molecule has 0 bridgehead atoms. The molecule has 4 heteroatoms. The number of benzene rings is 1. The third-order valence-electron chi connectivity index (χ3n) is 3.43. The molecule has 1 aromatic carbocycles. The van der Waals surface area contributed by atoms with Crippen molar-refractivity contribution >= 4 is 11.3 Å². The zero-order valence-corrected chi connectivity index (χ0v) is 13.3. The molecule has 1 heterocycles. The van der Waals surface area contributed by atoms with Gasteiger partial charge in [0.2, 0.25) is 0 Å². The zero-order chi connectivity index (χ0) is 14.7. The van der Waals surface area contributed by atoms with Gasteiger partial charge < -0.3 is 5.32 Å². The van der Waals surface area contributed by atoms with Gasteiger partial charge in [0.05, 0.1) is 10.7 Å². The van der Waals surface area contributed by atoms with E-state index in [1.165, 1.54) is 4.88 Å². The predicted molar refractivity (Wildman–Crippen MR) is 82.8 cm³/mol. The molecule has 0 aliphatic carbocycles. The van der Waals surface area contributed by atoms with Crippen molar-refractivity contribution in [2.24, 2.45) is 0 Å². The highest BCUT2D eigenvalue weighted by atomic mass is 32.1. The number of hydrogen-bond donors (Lipinski definition) is 1. The van der Waals surface area contributed by atoms with Gasteiger partial charge in [-0.25, -0.2) is 9.37 Å². The topological polar surface area (TPSA) is 24.9 Å². The summed E-state index contributed by atoms with van der Waals surface area (Å²) in [5.74, 6) is -0.138. The molecule has 1 N–H and O–H groups in total. The molecule has 20 heavy (non-hydrogen) atoms. The first-order chi connectivity index (χ1) is 9.51. The van der Waals surface area contributed by atoms with Crippen LogP contribution in [-0.4, -0.2) is 11.5 Å². The maximum Gasteiger partial charge on any atom is 0.128 e. The van der Waals surface area contributed by atoms with Crippen LogP contribution in [0.4, 0.5) is 4.39 Å². The van der Waals surface area contributed by atoms with E-state index in [-0.39, 0.29) is 11.9 Å². The number of aromatic nitrogens is 1. The molecule has 0 aliphatic heterocycles. The van der Waals surface area contributed by atoms with Crippen LogP contribution >= 0.6 is 11.3 Å². The molecule has 0 aliphatic rings. The number of rotatable bonds is 5. The Morgan fingerprint density at radius 1 is 1.30 bits per heavy atom. The van der Waals surface area contributed by atoms with Gasteiger partial charge in [-0.15, -0.1) is 11.3 Å². The summed E-state index contributed by atoms with van der Waals surface area (Å²) in [4.78, 5) is 5.80. The van der Waals surface area contributed by atoms with E-state index in [0.29, 0.717) is 0 Å². The molecule has 2 aromatic rings. The van der Waals surface area contributed by atoms with E-state index < -0.39 is 0 Å². The van der Waals surface area contributed by atoms with Crippen LogP contribution in [0.3, 0.4) is 0 Å². The first-order valence-corrected chi connectivity index (χ1v) is 7.75. The summed E-state index contributed by atoms with van der Waals surface area (Å²) in [6.45, 7) is 8.84. The minimum Gasteiger partial charge on any atom is -0.310 e. The lowest BCUT2D eigenvalue weighted by Gasteiger charge is -2.18. The summed E-state index contributed by atoms with van der Waals surface area (Å²) < 4.78 is 14.2. The average molecular weight is 292 g/mol. The zero-order valence-electron chi connectivity index (χ0n) is 12.5. The van der Waals surface area contributed by atoms with Crippen molar-refractivity contribution < 1.29 is 4.39 Å². The van der Waals surface area contributed by atoms with Gasteiger partial charge in [0.1, 0.15) is 5.82 Å². The van der Waals surface area contributed by atoms with Crippen molar-refractivity contribution in [1.82, 2.24) is 10.3 Å². The highest BCUT2D eigenvalue weighted by molar-refractivity contribution is 7.11. The molecule has 108 valence electrons. The van der Waals surface area contributed by atoms with Crippen LogP contribution in [0.2, 0.25) is 0 Å². The Balaban J connectivity index is 2.26. The molecular weight excluding hydrogens is 271 g/mol. The van der Waals surface area contributed by atoms with Crippen LogP contribution in [0.15, 0.2) is 18.2 Å². The lowest BCUT2D eigenvalue weighted by Crippen LogP contribution is -2.24. The second-order valence-corrected chi connectivity index (χ2v) is 6.38. The standard InChI is InChI=1S/C16H21FN2S/c1-5-18-15(9-16-19-11(3)12(4)20-16)13-7-6-10(2)8-14(13)17/h6-8,15,18H,5,9H2,1-4H3. The van der Waals surface area contributed by atoms with E-state index in [1.807, 2.05) is 32.9 Å². The van der Waals surface area contributed by atoms with Crippen LogP contribution in [0.25, 0.3) is 0 Å². The third-order valence-corrected chi connectivity index (χ3v) is 4.53. The van der Waals surface area contributed by atoms with Crippen molar-refractivity contribution in [3.05, 3.63) is 50.7 Å². The molecular formula is C16H21FN2S. The molecule has 0 radical (unpaired) electrons. The molecule has 2 nitrogen and oxygen atoms in total. The van der Waals surface area contributed by atoms with Crippen LogP contribution in [0.5, 0.6) is 0 Å². The van der Waals surface area contributed by atoms with Gasteiger partial charge in [-0.1, -0.05) is 19.1 Å². The number of hydrogen-bond acceptors (Lipinski definition) is 3. The van der Waals surface area contributed by atoms with E-state index in [4.69, 9.17) is 0 Å². The van der Waals surface area contributed by atoms with E-state index in [9.17, 15) is 4.39 Å². The van der Waals surface area contributed by atoms with Crippen molar-refractivity contribution in [3.63, 3.8) is 0 Å². The number of likely N-dealkylation sites (N-methyl/N-ethyl adjacent to an activating group) is 1. The Bertz CT molecular complexity index is 573. The van der Waals surface area contributed by atoms with Gasteiger partial charge >= 0.3 is 0 Å². The van der Waals surface area contributed by atoms with E-state index in [2.05, 4.69) is 17.2 Å². The molecule has 2 rings (SSSR count). The van der Waals surface area contributed by atoms with Crippen molar-refractivity contribution in [1.29, 1.82) is 0 Å². The summed E-state index contributed by atoms with van der Waals surface area (Å²) >= 11 is 1.70. The van der Waals surface area contributed by atoms with Crippen molar-refractivity contribution in [2.75, 3.05) is 6.54 Å². The van der Waals surface area contributed by atoms with Crippen LogP contribution < -0.4 is 5.32 Å². The number of thiazole rings is 1. The Hall–Kier alpha value is -1.26. The molecule has 1 aromatic heterocycles. The lowest BCUT2D eigenvalue weighted by atomic mass is 10.0. The fourth-order valence-corrected chi connectivity index (χ4v) is 3.23. The highest BCUT2D eigenvalue weighted by Gasteiger charge is 2.17. The Labute approximate surface area is 124 Å². The predicted octanol–water partition coefficient (Wildman–Crippen LogP) is 4.10. The third kappa shape index (κ3) is 3.44. The van der Waals surface area contributed by atoms with Crippen LogP contribution in [-0.2, 0) is 6.42 Å². The highest BCUT2D eigenvalue weighted by Crippen LogP contribution is 2.25. The fourth-order valence-electron chi connectivity index (χ4n) is 2.25. The Morgan fingerprint density at radius 2 is 2.05 bits per heavy atom. The number of aryl methyl sites for hydroxylation is 3. The number of nitrogens with one attached hydrogen (secondary N) is 1. The fraction of sp³-hybridized carbons (Fsp3) is 0.438. The van der Waals surface area contributed by atoms with Gasteiger partial charge in [-0.05, 0) is 38.9 Å².